The second-order valence-electron chi connectivity index (χ2n) is 4.88. The molecule has 0 spiro atoms. The molecule has 3 rings (SSSR count). The van der Waals surface area contributed by atoms with E-state index in [1.54, 1.807) is 6.20 Å². The summed E-state index contributed by atoms with van der Waals surface area (Å²) in [6, 6.07) is 2.05. The van der Waals surface area contributed by atoms with E-state index in [0.29, 0.717) is 0 Å². The Labute approximate surface area is 112 Å². The van der Waals surface area contributed by atoms with Crippen LogP contribution in [0, 0.1) is 6.92 Å². The molecule has 0 atom stereocenters. The molecular weight excluding hydrogens is 238 g/mol. The summed E-state index contributed by atoms with van der Waals surface area (Å²) in [6.07, 6.45) is 8.19. The van der Waals surface area contributed by atoms with Gasteiger partial charge in [-0.3, -0.25) is 0 Å². The van der Waals surface area contributed by atoms with Gasteiger partial charge in [0, 0.05) is 25.5 Å². The highest BCUT2D eigenvalue weighted by molar-refractivity contribution is 5.67. The highest BCUT2D eigenvalue weighted by Crippen LogP contribution is 2.15. The summed E-state index contributed by atoms with van der Waals surface area (Å²) in [7, 11) is 0. The third-order valence-corrected chi connectivity index (χ3v) is 3.41. The predicted octanol–water partition coefficient (Wildman–Crippen LogP) is 1.76. The van der Waals surface area contributed by atoms with Crippen molar-refractivity contribution >= 4 is 11.3 Å². The Morgan fingerprint density at radius 3 is 3.26 bits per heavy atom. The summed E-state index contributed by atoms with van der Waals surface area (Å²) in [6.45, 7) is 5.02. The number of aromatic nitrogens is 3. The maximum Gasteiger partial charge on any atom is 0.152 e. The fourth-order valence-electron chi connectivity index (χ4n) is 2.42. The van der Waals surface area contributed by atoms with Crippen molar-refractivity contribution in [2.75, 3.05) is 25.0 Å². The minimum atomic E-state index is 0.914. The van der Waals surface area contributed by atoms with Gasteiger partial charge in [-0.2, -0.15) is 5.10 Å². The molecule has 0 saturated heterocycles. The van der Waals surface area contributed by atoms with E-state index in [9.17, 15) is 0 Å². The van der Waals surface area contributed by atoms with Crippen LogP contribution in [0.2, 0.25) is 0 Å². The van der Waals surface area contributed by atoms with Crippen LogP contribution in [0.3, 0.4) is 0 Å². The topological polar surface area (TPSA) is 54.2 Å². The molecule has 0 fully saturated rings. The second kappa shape index (κ2) is 5.40. The van der Waals surface area contributed by atoms with Crippen molar-refractivity contribution in [1.29, 1.82) is 0 Å². The largest absolute Gasteiger partial charge is 0.368 e. The number of fused-ring (bicyclic) bond motifs is 1. The second-order valence-corrected chi connectivity index (χ2v) is 4.88. The molecule has 0 saturated carbocycles. The first kappa shape index (κ1) is 12.2. The molecule has 100 valence electrons. The summed E-state index contributed by atoms with van der Waals surface area (Å²) >= 11 is 0. The van der Waals surface area contributed by atoms with Crippen molar-refractivity contribution in [3.8, 4) is 0 Å². The van der Waals surface area contributed by atoms with Gasteiger partial charge in [0.15, 0.2) is 5.82 Å². The Kier molecular flexibility index (Phi) is 3.46. The van der Waals surface area contributed by atoms with Gasteiger partial charge in [0.05, 0.1) is 5.69 Å². The molecule has 2 N–H and O–H groups in total. The van der Waals surface area contributed by atoms with Crippen molar-refractivity contribution in [3.05, 3.63) is 35.8 Å². The van der Waals surface area contributed by atoms with Crippen LogP contribution in [0.25, 0.3) is 5.52 Å². The number of rotatable bonds is 4. The molecule has 2 aromatic heterocycles. The van der Waals surface area contributed by atoms with Gasteiger partial charge in [0.25, 0.3) is 0 Å². The lowest BCUT2D eigenvalue weighted by molar-refractivity contribution is 0.683. The van der Waals surface area contributed by atoms with Crippen LogP contribution in [0.1, 0.15) is 18.5 Å². The number of nitrogens with zero attached hydrogens (tertiary/aromatic N) is 3. The Morgan fingerprint density at radius 1 is 1.47 bits per heavy atom. The Bertz CT molecular complexity index is 599. The molecule has 2 aromatic rings. The summed E-state index contributed by atoms with van der Waals surface area (Å²) in [5, 5.41) is 11.1. The maximum absolute atomic E-state index is 4.40. The van der Waals surface area contributed by atoms with Gasteiger partial charge in [0.2, 0.25) is 0 Å². The van der Waals surface area contributed by atoms with Crippen LogP contribution in [0.4, 0.5) is 5.82 Å². The van der Waals surface area contributed by atoms with Crippen LogP contribution >= 0.6 is 0 Å². The van der Waals surface area contributed by atoms with E-state index in [-0.39, 0.29) is 0 Å². The zero-order chi connectivity index (χ0) is 13.1. The van der Waals surface area contributed by atoms with Gasteiger partial charge in [-0.05, 0) is 32.4 Å². The number of aryl methyl sites for hydroxylation is 1. The fourth-order valence-corrected chi connectivity index (χ4v) is 2.42. The van der Waals surface area contributed by atoms with Crippen LogP contribution < -0.4 is 10.6 Å². The summed E-state index contributed by atoms with van der Waals surface area (Å²) in [4.78, 5) is 4.40. The van der Waals surface area contributed by atoms with E-state index in [0.717, 1.165) is 49.5 Å². The Balaban J connectivity index is 1.66. The Hall–Kier alpha value is -1.88. The van der Waals surface area contributed by atoms with Gasteiger partial charge in [-0.1, -0.05) is 11.6 Å². The van der Waals surface area contributed by atoms with E-state index in [1.165, 1.54) is 5.57 Å². The monoisotopic (exact) mass is 257 g/mol. The number of hydrogen-bond acceptors (Lipinski definition) is 4. The summed E-state index contributed by atoms with van der Waals surface area (Å²) < 4.78 is 1.87. The van der Waals surface area contributed by atoms with Crippen LogP contribution in [-0.4, -0.2) is 34.2 Å². The lowest BCUT2D eigenvalue weighted by atomic mass is 10.1. The zero-order valence-electron chi connectivity index (χ0n) is 11.2. The van der Waals surface area contributed by atoms with Crippen LogP contribution in [-0.2, 0) is 0 Å². The standard InChI is InChI=1S/C14H19N5/c1-11-10-13-14(17-8-9-19(13)18-11)16-7-4-12-2-5-15-6-3-12/h2,8-10,15H,3-7H2,1H3,(H,16,17). The minimum absolute atomic E-state index is 0.914. The molecule has 0 aliphatic carbocycles. The maximum atomic E-state index is 4.40. The first-order chi connectivity index (χ1) is 9.33. The van der Waals surface area contributed by atoms with Crippen molar-refractivity contribution in [3.63, 3.8) is 0 Å². The molecule has 0 bridgehead atoms. The minimum Gasteiger partial charge on any atom is -0.368 e. The summed E-state index contributed by atoms with van der Waals surface area (Å²) in [5.74, 6) is 0.914. The normalized spacial score (nSPS) is 15.5. The fraction of sp³-hybridized carbons (Fsp3) is 0.429. The van der Waals surface area contributed by atoms with Crippen LogP contribution in [0.15, 0.2) is 30.1 Å². The first-order valence-electron chi connectivity index (χ1n) is 6.76. The molecular formula is C14H19N5. The highest BCUT2D eigenvalue weighted by Gasteiger charge is 2.06. The molecule has 5 heteroatoms. The molecule has 3 heterocycles. The van der Waals surface area contributed by atoms with Gasteiger partial charge in [-0.15, -0.1) is 0 Å². The molecule has 0 amide bonds. The lowest BCUT2D eigenvalue weighted by Crippen LogP contribution is -2.21. The molecule has 1 aliphatic heterocycles. The predicted molar refractivity (Wildman–Crippen MR) is 76.4 cm³/mol. The van der Waals surface area contributed by atoms with Crippen molar-refractivity contribution in [2.45, 2.75) is 19.8 Å². The number of anilines is 1. The van der Waals surface area contributed by atoms with Crippen LogP contribution in [0.5, 0.6) is 0 Å². The SMILES string of the molecule is Cc1cc2c(NCCC3=CCNCC3)nccn2n1. The van der Waals surface area contributed by atoms with E-state index in [1.807, 2.05) is 17.6 Å². The van der Waals surface area contributed by atoms with Gasteiger partial charge >= 0.3 is 0 Å². The third-order valence-electron chi connectivity index (χ3n) is 3.41. The highest BCUT2D eigenvalue weighted by atomic mass is 15.2. The van der Waals surface area contributed by atoms with E-state index < -0.39 is 0 Å². The average Bonchev–Trinajstić information content (AvgIpc) is 2.81. The van der Waals surface area contributed by atoms with E-state index in [2.05, 4.69) is 32.9 Å². The molecule has 0 radical (unpaired) electrons. The van der Waals surface area contributed by atoms with E-state index >= 15 is 0 Å². The molecule has 0 unspecified atom stereocenters. The Morgan fingerprint density at radius 2 is 2.42 bits per heavy atom. The van der Waals surface area contributed by atoms with Crippen molar-refractivity contribution in [2.24, 2.45) is 0 Å². The third kappa shape index (κ3) is 2.76. The number of hydrogen-bond donors (Lipinski definition) is 2. The van der Waals surface area contributed by atoms with Gasteiger partial charge in [-0.25, -0.2) is 9.50 Å². The van der Waals surface area contributed by atoms with Gasteiger partial charge < -0.3 is 10.6 Å². The molecule has 19 heavy (non-hydrogen) atoms. The first-order valence-corrected chi connectivity index (χ1v) is 6.76. The number of nitrogens with one attached hydrogen (secondary N) is 2. The lowest BCUT2D eigenvalue weighted by Gasteiger charge is -2.14. The van der Waals surface area contributed by atoms with E-state index in [4.69, 9.17) is 0 Å². The van der Waals surface area contributed by atoms with Gasteiger partial charge in [0.1, 0.15) is 5.52 Å². The van der Waals surface area contributed by atoms with Crippen molar-refractivity contribution < 1.29 is 0 Å². The molecule has 5 nitrogen and oxygen atoms in total. The summed E-state index contributed by atoms with van der Waals surface area (Å²) in [5.41, 5.74) is 3.58. The van der Waals surface area contributed by atoms with Crippen molar-refractivity contribution in [1.82, 2.24) is 19.9 Å². The zero-order valence-corrected chi connectivity index (χ0v) is 11.2. The quantitative estimate of drug-likeness (QED) is 0.820. The molecule has 1 aliphatic rings. The average molecular weight is 257 g/mol. The molecule has 0 aromatic carbocycles. The smallest absolute Gasteiger partial charge is 0.152 e.